The SMILES string of the molecule is CCn1nc(C(=O)N2CCCC2)c2c1CCN(C(=O)c1ccccc1OC)C2. The Morgan fingerprint density at radius 1 is 1.07 bits per heavy atom. The minimum absolute atomic E-state index is 0.00691. The molecule has 7 nitrogen and oxygen atoms in total. The van der Waals surface area contributed by atoms with E-state index in [-0.39, 0.29) is 11.8 Å². The summed E-state index contributed by atoms with van der Waals surface area (Å²) in [6.07, 6.45) is 2.78. The molecule has 2 aliphatic heterocycles. The molecule has 2 aliphatic rings. The van der Waals surface area contributed by atoms with Gasteiger partial charge in [-0.15, -0.1) is 0 Å². The van der Waals surface area contributed by atoms with Crippen LogP contribution >= 0.6 is 0 Å². The number of fused-ring (bicyclic) bond motifs is 1. The van der Waals surface area contributed by atoms with Crippen LogP contribution < -0.4 is 4.74 Å². The number of hydrogen-bond donors (Lipinski definition) is 0. The third-order valence-electron chi connectivity index (χ3n) is 5.65. The number of amides is 2. The van der Waals surface area contributed by atoms with E-state index >= 15 is 0 Å². The zero-order valence-electron chi connectivity index (χ0n) is 16.5. The van der Waals surface area contributed by atoms with Crippen molar-refractivity contribution < 1.29 is 14.3 Å². The van der Waals surface area contributed by atoms with E-state index in [4.69, 9.17) is 4.74 Å². The molecule has 0 bridgehead atoms. The number of carbonyl (C=O) groups excluding carboxylic acids is 2. The summed E-state index contributed by atoms with van der Waals surface area (Å²) < 4.78 is 7.27. The first kappa shape index (κ1) is 18.5. The van der Waals surface area contributed by atoms with Gasteiger partial charge >= 0.3 is 0 Å². The monoisotopic (exact) mass is 382 g/mol. The number of aromatic nitrogens is 2. The van der Waals surface area contributed by atoms with E-state index in [9.17, 15) is 9.59 Å². The van der Waals surface area contributed by atoms with Crippen LogP contribution in [0, 0.1) is 0 Å². The quantitative estimate of drug-likeness (QED) is 0.814. The van der Waals surface area contributed by atoms with Crippen molar-refractivity contribution in [1.29, 1.82) is 0 Å². The molecule has 1 aromatic heterocycles. The first-order chi connectivity index (χ1) is 13.6. The molecular weight excluding hydrogens is 356 g/mol. The van der Waals surface area contributed by atoms with Gasteiger partial charge in [0.15, 0.2) is 5.69 Å². The minimum atomic E-state index is -0.0769. The number of carbonyl (C=O) groups is 2. The van der Waals surface area contributed by atoms with Crippen LogP contribution in [0.5, 0.6) is 5.75 Å². The van der Waals surface area contributed by atoms with Crippen LogP contribution in [0.3, 0.4) is 0 Å². The molecule has 0 aliphatic carbocycles. The average Bonchev–Trinajstić information content (AvgIpc) is 3.40. The fraction of sp³-hybridized carbons (Fsp3) is 0.476. The molecule has 7 heteroatoms. The molecule has 0 unspecified atom stereocenters. The average molecular weight is 382 g/mol. The maximum Gasteiger partial charge on any atom is 0.274 e. The Morgan fingerprint density at radius 3 is 2.54 bits per heavy atom. The van der Waals surface area contributed by atoms with Gasteiger partial charge in [0.25, 0.3) is 11.8 Å². The van der Waals surface area contributed by atoms with Crippen LogP contribution in [0.2, 0.25) is 0 Å². The summed E-state index contributed by atoms with van der Waals surface area (Å²) in [6.45, 7) is 5.33. The normalized spacial score (nSPS) is 16.2. The summed E-state index contributed by atoms with van der Waals surface area (Å²) in [7, 11) is 1.57. The Balaban J connectivity index is 1.64. The number of methoxy groups -OCH3 is 1. The highest BCUT2D eigenvalue weighted by atomic mass is 16.5. The van der Waals surface area contributed by atoms with E-state index in [1.807, 2.05) is 28.6 Å². The summed E-state index contributed by atoms with van der Waals surface area (Å²) in [5.41, 5.74) is 3.03. The van der Waals surface area contributed by atoms with Crippen molar-refractivity contribution >= 4 is 11.8 Å². The van der Waals surface area contributed by atoms with Crippen LogP contribution in [0.25, 0.3) is 0 Å². The van der Waals surface area contributed by atoms with Gasteiger partial charge in [-0.25, -0.2) is 0 Å². The van der Waals surface area contributed by atoms with Crippen LogP contribution in [-0.4, -0.2) is 58.1 Å². The molecule has 1 fully saturated rings. The lowest BCUT2D eigenvalue weighted by molar-refractivity contribution is 0.0719. The zero-order chi connectivity index (χ0) is 19.7. The molecule has 4 rings (SSSR count). The molecule has 0 radical (unpaired) electrons. The number of nitrogens with zero attached hydrogens (tertiary/aromatic N) is 4. The van der Waals surface area contributed by atoms with E-state index < -0.39 is 0 Å². The Labute approximate surface area is 164 Å². The highest BCUT2D eigenvalue weighted by Gasteiger charge is 2.33. The lowest BCUT2D eigenvalue weighted by Crippen LogP contribution is -2.37. The number of likely N-dealkylation sites (tertiary alicyclic amines) is 1. The maximum atomic E-state index is 13.1. The fourth-order valence-electron chi connectivity index (χ4n) is 4.16. The Morgan fingerprint density at radius 2 is 1.82 bits per heavy atom. The van der Waals surface area contributed by atoms with Crippen molar-refractivity contribution in [2.24, 2.45) is 0 Å². The fourth-order valence-corrected chi connectivity index (χ4v) is 4.16. The largest absolute Gasteiger partial charge is 0.496 e. The number of para-hydroxylation sites is 1. The minimum Gasteiger partial charge on any atom is -0.496 e. The highest BCUT2D eigenvalue weighted by Crippen LogP contribution is 2.27. The number of ether oxygens (including phenoxy) is 1. The molecule has 3 heterocycles. The van der Waals surface area contributed by atoms with Gasteiger partial charge in [-0.05, 0) is 31.9 Å². The molecule has 0 spiro atoms. The lowest BCUT2D eigenvalue weighted by Gasteiger charge is -2.28. The van der Waals surface area contributed by atoms with Crippen LogP contribution in [-0.2, 0) is 19.5 Å². The zero-order valence-corrected chi connectivity index (χ0v) is 16.5. The molecule has 0 saturated carbocycles. The molecule has 1 saturated heterocycles. The first-order valence-corrected chi connectivity index (χ1v) is 9.94. The molecule has 2 aromatic rings. The van der Waals surface area contributed by atoms with Gasteiger partial charge in [-0.2, -0.15) is 5.10 Å². The van der Waals surface area contributed by atoms with Crippen LogP contribution in [0.1, 0.15) is 51.9 Å². The summed E-state index contributed by atoms with van der Waals surface area (Å²) in [4.78, 5) is 29.8. The second-order valence-corrected chi connectivity index (χ2v) is 7.27. The van der Waals surface area contributed by atoms with E-state index in [2.05, 4.69) is 5.10 Å². The van der Waals surface area contributed by atoms with Crippen molar-refractivity contribution in [2.45, 2.75) is 39.3 Å². The van der Waals surface area contributed by atoms with Crippen LogP contribution in [0.4, 0.5) is 0 Å². The standard InChI is InChI=1S/C21H26N4O3/c1-3-25-17-10-13-24(20(26)15-8-4-5-9-18(15)28-2)14-16(17)19(22-25)21(27)23-11-6-7-12-23/h4-5,8-9H,3,6-7,10-14H2,1-2H3. The van der Waals surface area contributed by atoms with Gasteiger partial charge in [-0.1, -0.05) is 12.1 Å². The highest BCUT2D eigenvalue weighted by molar-refractivity contribution is 5.98. The van der Waals surface area contributed by atoms with Gasteiger partial charge in [0, 0.05) is 43.9 Å². The number of rotatable bonds is 4. The van der Waals surface area contributed by atoms with Crippen molar-refractivity contribution in [3.8, 4) is 5.75 Å². The summed E-state index contributed by atoms with van der Waals surface area (Å²) in [5, 5.41) is 4.62. The van der Waals surface area contributed by atoms with Crippen molar-refractivity contribution in [3.63, 3.8) is 0 Å². The molecule has 0 atom stereocenters. The Hall–Kier alpha value is -2.83. The van der Waals surface area contributed by atoms with E-state index in [1.54, 1.807) is 24.1 Å². The summed E-state index contributed by atoms with van der Waals surface area (Å²) in [5.74, 6) is 0.482. The molecule has 0 N–H and O–H groups in total. The lowest BCUT2D eigenvalue weighted by atomic mass is 10.0. The van der Waals surface area contributed by atoms with E-state index in [0.717, 1.165) is 43.7 Å². The second kappa shape index (κ2) is 7.66. The molecule has 2 amide bonds. The van der Waals surface area contributed by atoms with Gasteiger partial charge < -0.3 is 14.5 Å². The predicted octanol–water partition coefficient (Wildman–Crippen LogP) is 2.35. The summed E-state index contributed by atoms with van der Waals surface area (Å²) in [6, 6.07) is 7.26. The first-order valence-electron chi connectivity index (χ1n) is 9.94. The van der Waals surface area contributed by atoms with Crippen molar-refractivity contribution in [3.05, 3.63) is 46.8 Å². The number of hydrogen-bond acceptors (Lipinski definition) is 4. The smallest absolute Gasteiger partial charge is 0.274 e. The molecule has 28 heavy (non-hydrogen) atoms. The number of aryl methyl sites for hydroxylation is 1. The molecular formula is C21H26N4O3. The van der Waals surface area contributed by atoms with Gasteiger partial charge in [-0.3, -0.25) is 14.3 Å². The third kappa shape index (κ3) is 3.15. The Bertz CT molecular complexity index is 899. The van der Waals surface area contributed by atoms with Crippen LogP contribution in [0.15, 0.2) is 24.3 Å². The molecule has 148 valence electrons. The van der Waals surface area contributed by atoms with Crippen molar-refractivity contribution in [2.75, 3.05) is 26.7 Å². The topological polar surface area (TPSA) is 67.7 Å². The van der Waals surface area contributed by atoms with Crippen molar-refractivity contribution in [1.82, 2.24) is 19.6 Å². The third-order valence-corrected chi connectivity index (χ3v) is 5.65. The van der Waals surface area contributed by atoms with E-state index in [0.29, 0.717) is 36.5 Å². The number of benzene rings is 1. The van der Waals surface area contributed by atoms with Gasteiger partial charge in [0.2, 0.25) is 0 Å². The summed E-state index contributed by atoms with van der Waals surface area (Å²) >= 11 is 0. The predicted molar refractivity (Wildman–Crippen MR) is 104 cm³/mol. The second-order valence-electron chi connectivity index (χ2n) is 7.27. The molecule has 1 aromatic carbocycles. The van der Waals surface area contributed by atoms with Gasteiger partial charge in [0.05, 0.1) is 19.2 Å². The maximum absolute atomic E-state index is 13.1. The van der Waals surface area contributed by atoms with Gasteiger partial charge in [0.1, 0.15) is 5.75 Å². The van der Waals surface area contributed by atoms with E-state index in [1.165, 1.54) is 0 Å². The Kier molecular flexibility index (Phi) is 5.07.